The molecule has 0 aromatic rings. The minimum absolute atomic E-state index is 0.333. The van der Waals surface area contributed by atoms with Gasteiger partial charge in [0.05, 0.1) is 0 Å². The van der Waals surface area contributed by atoms with E-state index in [1.165, 1.54) is 6.92 Å². The van der Waals surface area contributed by atoms with Crippen molar-refractivity contribution in [1.29, 1.82) is 0 Å². The number of carbonyl (C=O) groups is 1. The third-order valence-electron chi connectivity index (χ3n) is 1.46. The van der Waals surface area contributed by atoms with Gasteiger partial charge in [0.15, 0.2) is 12.6 Å². The summed E-state index contributed by atoms with van der Waals surface area (Å²) in [5.74, 6) is -0.380. The smallest absolute Gasteiger partial charge is 0.304 e. The third kappa shape index (κ3) is 9.04. The molecule has 0 fully saturated rings. The van der Waals surface area contributed by atoms with Crippen molar-refractivity contribution in [3.05, 3.63) is 0 Å². The van der Waals surface area contributed by atoms with Crippen LogP contribution in [0.1, 0.15) is 27.7 Å². The highest BCUT2D eigenvalue weighted by Crippen LogP contribution is 2.28. The SMILES string of the molecule is CC(=O)OC(C)OC(C)OC(C)OP(C)C. The predicted molar refractivity (Wildman–Crippen MR) is 62.2 cm³/mol. The Morgan fingerprint density at radius 1 is 1.00 bits per heavy atom. The van der Waals surface area contributed by atoms with Gasteiger partial charge in [-0.25, -0.2) is 0 Å². The van der Waals surface area contributed by atoms with Crippen molar-refractivity contribution in [2.45, 2.75) is 46.6 Å². The van der Waals surface area contributed by atoms with Gasteiger partial charge in [-0.3, -0.25) is 4.79 Å². The number of hydrogen-bond acceptors (Lipinski definition) is 5. The molecule has 0 aromatic heterocycles. The first-order valence-electron chi connectivity index (χ1n) is 5.13. The first-order valence-corrected chi connectivity index (χ1v) is 7.29. The zero-order valence-electron chi connectivity index (χ0n) is 10.7. The summed E-state index contributed by atoms with van der Waals surface area (Å²) in [4.78, 5) is 10.6. The molecule has 5 nitrogen and oxygen atoms in total. The molecule has 0 spiro atoms. The average Bonchev–Trinajstić information content (AvgIpc) is 1.97. The molecule has 6 heteroatoms. The lowest BCUT2D eigenvalue weighted by Crippen LogP contribution is -2.27. The summed E-state index contributed by atoms with van der Waals surface area (Å²) in [5, 5.41) is 0. The maximum Gasteiger partial charge on any atom is 0.304 e. The van der Waals surface area contributed by atoms with Crippen LogP contribution < -0.4 is 0 Å². The third-order valence-corrected chi connectivity index (χ3v) is 2.18. The lowest BCUT2D eigenvalue weighted by atomic mass is 10.6. The van der Waals surface area contributed by atoms with E-state index in [0.29, 0.717) is 0 Å². The molecule has 0 heterocycles. The quantitative estimate of drug-likeness (QED) is 0.395. The van der Waals surface area contributed by atoms with Crippen LogP contribution in [0.2, 0.25) is 0 Å². The van der Waals surface area contributed by atoms with Crippen LogP contribution in [0.15, 0.2) is 0 Å². The van der Waals surface area contributed by atoms with E-state index >= 15 is 0 Å². The summed E-state index contributed by atoms with van der Waals surface area (Å²) in [7, 11) is -0.471. The molecule has 0 aliphatic carbocycles. The molecule has 0 bridgehead atoms. The fourth-order valence-corrected chi connectivity index (χ4v) is 1.80. The van der Waals surface area contributed by atoms with Crippen molar-refractivity contribution < 1.29 is 23.5 Å². The standard InChI is InChI=1S/C10H21O5P/c1-7(11)12-8(2)13-9(3)14-10(4)15-16(5)6/h8-10H,1-6H3. The van der Waals surface area contributed by atoms with Crippen molar-refractivity contribution in [1.82, 2.24) is 0 Å². The molecule has 0 aliphatic rings. The lowest BCUT2D eigenvalue weighted by molar-refractivity contribution is -0.258. The second kappa shape index (κ2) is 7.96. The van der Waals surface area contributed by atoms with Crippen molar-refractivity contribution in [3.63, 3.8) is 0 Å². The van der Waals surface area contributed by atoms with Gasteiger partial charge in [-0.05, 0) is 34.1 Å². The van der Waals surface area contributed by atoms with Gasteiger partial charge in [0.1, 0.15) is 0 Å². The Morgan fingerprint density at radius 2 is 1.50 bits per heavy atom. The number of esters is 1. The second-order valence-corrected chi connectivity index (χ2v) is 5.34. The van der Waals surface area contributed by atoms with Crippen LogP contribution >= 0.6 is 8.15 Å². The maximum atomic E-state index is 10.6. The summed E-state index contributed by atoms with van der Waals surface area (Å²) >= 11 is 0. The van der Waals surface area contributed by atoms with Crippen LogP contribution in [0.3, 0.4) is 0 Å². The van der Waals surface area contributed by atoms with E-state index in [4.69, 9.17) is 18.7 Å². The van der Waals surface area contributed by atoms with Gasteiger partial charge >= 0.3 is 5.97 Å². The topological polar surface area (TPSA) is 54.0 Å². The fourth-order valence-electron chi connectivity index (χ4n) is 1.16. The van der Waals surface area contributed by atoms with Crippen molar-refractivity contribution in [3.8, 4) is 0 Å². The molecule has 0 rings (SSSR count). The van der Waals surface area contributed by atoms with Crippen LogP contribution in [-0.4, -0.2) is 38.2 Å². The van der Waals surface area contributed by atoms with E-state index in [2.05, 4.69) is 0 Å². The molecule has 0 saturated carbocycles. The molecule has 0 radical (unpaired) electrons. The monoisotopic (exact) mass is 252 g/mol. The molecule has 0 aliphatic heterocycles. The van der Waals surface area contributed by atoms with Crippen LogP contribution in [-0.2, 0) is 23.5 Å². The molecule has 96 valence electrons. The van der Waals surface area contributed by atoms with Gasteiger partial charge in [0, 0.05) is 15.1 Å². The number of rotatable bonds is 7. The number of carbonyl (C=O) groups excluding carboxylic acids is 1. The maximum absolute atomic E-state index is 10.6. The van der Waals surface area contributed by atoms with Crippen molar-refractivity contribution in [2.24, 2.45) is 0 Å². The van der Waals surface area contributed by atoms with Gasteiger partial charge in [0.2, 0.25) is 6.29 Å². The lowest BCUT2D eigenvalue weighted by Gasteiger charge is -2.23. The van der Waals surface area contributed by atoms with E-state index in [9.17, 15) is 4.79 Å². The van der Waals surface area contributed by atoms with E-state index in [1.807, 2.05) is 13.3 Å². The van der Waals surface area contributed by atoms with Gasteiger partial charge in [-0.1, -0.05) is 0 Å². The zero-order valence-corrected chi connectivity index (χ0v) is 11.6. The number of ether oxygens (including phenoxy) is 3. The summed E-state index contributed by atoms with van der Waals surface area (Å²) in [5.41, 5.74) is 0. The highest BCUT2D eigenvalue weighted by Gasteiger charge is 2.15. The Labute approximate surface area is 98.2 Å². The Kier molecular flexibility index (Phi) is 7.85. The minimum atomic E-state index is -0.621. The predicted octanol–water partition coefficient (Wildman–Crippen LogP) is 2.29. The number of hydrogen-bond donors (Lipinski definition) is 0. The van der Waals surface area contributed by atoms with E-state index in [1.54, 1.807) is 20.8 Å². The molecule has 0 saturated heterocycles. The molecule has 0 N–H and O–H groups in total. The Hall–Kier alpha value is -0.220. The van der Waals surface area contributed by atoms with Crippen LogP contribution in [0, 0.1) is 0 Å². The van der Waals surface area contributed by atoms with Gasteiger partial charge in [0.25, 0.3) is 0 Å². The van der Waals surface area contributed by atoms with Gasteiger partial charge in [-0.2, -0.15) is 0 Å². The summed E-state index contributed by atoms with van der Waals surface area (Å²) in [6, 6.07) is 0. The van der Waals surface area contributed by atoms with E-state index < -0.39 is 20.7 Å². The largest absolute Gasteiger partial charge is 0.436 e. The summed E-state index contributed by atoms with van der Waals surface area (Å²) in [6.07, 6.45) is -1.44. The highest BCUT2D eigenvalue weighted by molar-refractivity contribution is 7.50. The molecule has 3 atom stereocenters. The summed E-state index contributed by atoms with van der Waals surface area (Å²) in [6.45, 7) is 10.5. The Morgan fingerprint density at radius 3 is 1.94 bits per heavy atom. The Balaban J connectivity index is 3.79. The fraction of sp³-hybridized carbons (Fsp3) is 0.900. The van der Waals surface area contributed by atoms with E-state index in [-0.39, 0.29) is 12.3 Å². The van der Waals surface area contributed by atoms with Gasteiger partial charge in [-0.15, -0.1) is 0 Å². The molecule has 3 unspecified atom stereocenters. The second-order valence-electron chi connectivity index (χ2n) is 3.50. The molecular weight excluding hydrogens is 231 g/mol. The van der Waals surface area contributed by atoms with Crippen LogP contribution in [0.5, 0.6) is 0 Å². The molecule has 0 amide bonds. The minimum Gasteiger partial charge on any atom is -0.436 e. The normalized spacial score (nSPS) is 16.9. The zero-order chi connectivity index (χ0) is 12.7. The Bertz CT molecular complexity index is 209. The highest BCUT2D eigenvalue weighted by atomic mass is 31.1. The van der Waals surface area contributed by atoms with Crippen LogP contribution in [0.4, 0.5) is 0 Å². The van der Waals surface area contributed by atoms with Gasteiger partial charge < -0.3 is 18.7 Å². The summed E-state index contributed by atoms with van der Waals surface area (Å²) < 4.78 is 20.9. The van der Waals surface area contributed by atoms with E-state index in [0.717, 1.165) is 0 Å². The first-order chi connectivity index (χ1) is 7.31. The average molecular weight is 252 g/mol. The molecule has 16 heavy (non-hydrogen) atoms. The molecule has 0 aromatic carbocycles. The first kappa shape index (κ1) is 15.8. The molecular formula is C10H21O5P. The van der Waals surface area contributed by atoms with Crippen molar-refractivity contribution >= 4 is 14.1 Å². The van der Waals surface area contributed by atoms with Crippen LogP contribution in [0.25, 0.3) is 0 Å². The van der Waals surface area contributed by atoms with Crippen molar-refractivity contribution in [2.75, 3.05) is 13.3 Å².